The minimum absolute atomic E-state index is 0.184. The highest BCUT2D eigenvalue weighted by Gasteiger charge is 2.25. The molecule has 1 aromatic carbocycles. The molecule has 3 rings (SSSR count). The number of ether oxygens (including phenoxy) is 1. The molecular weight excluding hydrogens is 358 g/mol. The van der Waals surface area contributed by atoms with Crippen molar-refractivity contribution in [3.8, 4) is 0 Å². The van der Waals surface area contributed by atoms with Crippen molar-refractivity contribution in [2.45, 2.75) is 44.1 Å². The third-order valence-corrected chi connectivity index (χ3v) is 6.04. The summed E-state index contributed by atoms with van der Waals surface area (Å²) < 4.78 is 5.47. The van der Waals surface area contributed by atoms with E-state index in [1.54, 1.807) is 0 Å². The Hall–Kier alpha value is -1.40. The van der Waals surface area contributed by atoms with E-state index in [4.69, 9.17) is 4.74 Å². The minimum Gasteiger partial charge on any atom is -0.444 e. The zero-order valence-corrected chi connectivity index (χ0v) is 17.8. The van der Waals surface area contributed by atoms with Crippen molar-refractivity contribution in [1.82, 2.24) is 9.80 Å². The maximum Gasteiger partial charge on any atom is 0.410 e. The van der Waals surface area contributed by atoms with Gasteiger partial charge in [-0.15, -0.1) is 11.8 Å². The van der Waals surface area contributed by atoms with Gasteiger partial charge < -0.3 is 14.5 Å². The summed E-state index contributed by atoms with van der Waals surface area (Å²) in [6.07, 6.45) is 2.43. The summed E-state index contributed by atoms with van der Waals surface area (Å²) in [7, 11) is 0. The number of amides is 1. The molecule has 6 heteroatoms. The Labute approximate surface area is 168 Å². The molecule has 0 unspecified atom stereocenters. The highest BCUT2D eigenvalue weighted by atomic mass is 32.2. The van der Waals surface area contributed by atoms with E-state index in [1.165, 1.54) is 36.5 Å². The van der Waals surface area contributed by atoms with Crippen LogP contribution in [0.3, 0.4) is 0 Å². The molecule has 2 heterocycles. The van der Waals surface area contributed by atoms with Crippen LogP contribution in [0.15, 0.2) is 29.2 Å². The molecule has 0 aromatic heterocycles. The molecule has 0 atom stereocenters. The van der Waals surface area contributed by atoms with E-state index < -0.39 is 5.60 Å². The Balaban J connectivity index is 1.42. The summed E-state index contributed by atoms with van der Waals surface area (Å²) in [5.74, 6) is 1.08. The van der Waals surface area contributed by atoms with Crippen LogP contribution < -0.4 is 4.90 Å². The molecule has 2 aliphatic rings. The summed E-state index contributed by atoms with van der Waals surface area (Å²) in [5, 5.41) is 0. The third-order valence-electron chi connectivity index (χ3n) is 5.00. The fraction of sp³-hybridized carbons (Fsp3) is 0.667. The first-order valence-electron chi connectivity index (χ1n) is 10.1. The predicted octanol–water partition coefficient (Wildman–Crippen LogP) is 3.93. The lowest BCUT2D eigenvalue weighted by Crippen LogP contribution is -2.50. The van der Waals surface area contributed by atoms with Gasteiger partial charge in [-0.1, -0.05) is 12.1 Å². The Morgan fingerprint density at radius 3 is 2.37 bits per heavy atom. The number of rotatable bonds is 5. The number of nitrogens with zero attached hydrogens (tertiary/aromatic N) is 3. The summed E-state index contributed by atoms with van der Waals surface area (Å²) >= 11 is 1.95. The lowest BCUT2D eigenvalue weighted by molar-refractivity contribution is 0.0150. The number of hydrogen-bond donors (Lipinski definition) is 0. The summed E-state index contributed by atoms with van der Waals surface area (Å²) in [6.45, 7) is 12.5. The normalized spacial score (nSPS) is 18.8. The first-order valence-corrected chi connectivity index (χ1v) is 11.1. The summed E-state index contributed by atoms with van der Waals surface area (Å²) in [4.78, 5) is 20.4. The van der Waals surface area contributed by atoms with Crippen LogP contribution in [-0.2, 0) is 4.74 Å². The Kier molecular flexibility index (Phi) is 6.93. The topological polar surface area (TPSA) is 36.0 Å². The molecule has 1 aromatic rings. The molecule has 150 valence electrons. The molecule has 5 nitrogen and oxygen atoms in total. The SMILES string of the molecule is CC(C)(C)OC(=O)N1CCN(CCSc2ccccc2N2CCCC2)CC1. The number of thioether (sulfide) groups is 1. The van der Waals surface area contributed by atoms with Gasteiger partial charge in [0.1, 0.15) is 5.60 Å². The number of para-hydroxylation sites is 1. The van der Waals surface area contributed by atoms with Gasteiger partial charge in [-0.25, -0.2) is 4.79 Å². The van der Waals surface area contributed by atoms with Gasteiger partial charge in [-0.2, -0.15) is 0 Å². The van der Waals surface area contributed by atoms with Gasteiger partial charge in [-0.3, -0.25) is 4.90 Å². The van der Waals surface area contributed by atoms with Gasteiger partial charge in [0.05, 0.1) is 5.69 Å². The standard InChI is InChI=1S/C21H33N3O2S/c1-21(2,3)26-20(25)24-14-12-22(13-15-24)16-17-27-19-9-5-4-8-18(19)23-10-6-7-11-23/h4-5,8-9H,6-7,10-17H2,1-3H3. The molecular formula is C21H33N3O2S. The monoisotopic (exact) mass is 391 g/mol. The van der Waals surface area contributed by atoms with Crippen LogP contribution in [0.5, 0.6) is 0 Å². The van der Waals surface area contributed by atoms with E-state index in [0.717, 1.165) is 38.5 Å². The van der Waals surface area contributed by atoms with Crippen LogP contribution >= 0.6 is 11.8 Å². The largest absolute Gasteiger partial charge is 0.444 e. The van der Waals surface area contributed by atoms with Crippen molar-refractivity contribution in [2.24, 2.45) is 0 Å². The van der Waals surface area contributed by atoms with E-state index >= 15 is 0 Å². The van der Waals surface area contributed by atoms with Gasteiger partial charge in [0, 0.05) is 56.5 Å². The molecule has 2 fully saturated rings. The lowest BCUT2D eigenvalue weighted by atomic mass is 10.2. The molecule has 0 N–H and O–H groups in total. The fourth-order valence-electron chi connectivity index (χ4n) is 3.56. The Bertz CT molecular complexity index is 618. The maximum absolute atomic E-state index is 12.2. The van der Waals surface area contributed by atoms with E-state index in [-0.39, 0.29) is 6.09 Å². The summed E-state index contributed by atoms with van der Waals surface area (Å²) in [5.41, 5.74) is 0.975. The van der Waals surface area contributed by atoms with Crippen molar-refractivity contribution in [1.29, 1.82) is 0 Å². The highest BCUT2D eigenvalue weighted by molar-refractivity contribution is 7.99. The van der Waals surface area contributed by atoms with E-state index in [9.17, 15) is 4.79 Å². The van der Waals surface area contributed by atoms with Crippen LogP contribution in [-0.4, -0.2) is 73.1 Å². The van der Waals surface area contributed by atoms with Crippen molar-refractivity contribution < 1.29 is 9.53 Å². The van der Waals surface area contributed by atoms with Crippen molar-refractivity contribution in [2.75, 3.05) is 56.5 Å². The Morgan fingerprint density at radius 1 is 1.04 bits per heavy atom. The van der Waals surface area contributed by atoms with Crippen LogP contribution in [0.2, 0.25) is 0 Å². The highest BCUT2D eigenvalue weighted by Crippen LogP contribution is 2.32. The lowest BCUT2D eigenvalue weighted by Gasteiger charge is -2.35. The molecule has 1 amide bonds. The number of anilines is 1. The number of carbonyl (C=O) groups is 1. The fourth-order valence-corrected chi connectivity index (χ4v) is 4.65. The number of hydrogen-bond acceptors (Lipinski definition) is 5. The molecule has 0 aliphatic carbocycles. The van der Waals surface area contributed by atoms with Crippen LogP contribution in [0.1, 0.15) is 33.6 Å². The first kappa shape index (κ1) is 20.3. The maximum atomic E-state index is 12.2. The zero-order valence-electron chi connectivity index (χ0n) is 16.9. The second kappa shape index (κ2) is 9.20. The van der Waals surface area contributed by atoms with E-state index in [2.05, 4.69) is 34.1 Å². The molecule has 2 saturated heterocycles. The molecule has 2 aliphatic heterocycles. The van der Waals surface area contributed by atoms with Crippen LogP contribution in [0.4, 0.5) is 10.5 Å². The van der Waals surface area contributed by atoms with Gasteiger partial charge >= 0.3 is 6.09 Å². The van der Waals surface area contributed by atoms with Gasteiger partial charge in [-0.05, 0) is 45.7 Å². The molecule has 0 saturated carbocycles. The van der Waals surface area contributed by atoms with Crippen LogP contribution in [0.25, 0.3) is 0 Å². The molecule has 27 heavy (non-hydrogen) atoms. The first-order chi connectivity index (χ1) is 12.9. The zero-order chi connectivity index (χ0) is 19.3. The summed E-state index contributed by atoms with van der Waals surface area (Å²) in [6, 6.07) is 8.79. The number of piperazine rings is 1. The van der Waals surface area contributed by atoms with Crippen molar-refractivity contribution >= 4 is 23.5 Å². The van der Waals surface area contributed by atoms with Crippen LogP contribution in [0, 0.1) is 0 Å². The average Bonchev–Trinajstić information content (AvgIpc) is 3.16. The number of benzene rings is 1. The molecule has 0 radical (unpaired) electrons. The smallest absolute Gasteiger partial charge is 0.410 e. The minimum atomic E-state index is -0.423. The molecule has 0 bridgehead atoms. The quantitative estimate of drug-likeness (QED) is 0.711. The predicted molar refractivity (Wildman–Crippen MR) is 113 cm³/mol. The van der Waals surface area contributed by atoms with Crippen molar-refractivity contribution in [3.05, 3.63) is 24.3 Å². The van der Waals surface area contributed by atoms with Crippen molar-refractivity contribution in [3.63, 3.8) is 0 Å². The average molecular weight is 392 g/mol. The van der Waals surface area contributed by atoms with E-state index in [0.29, 0.717) is 0 Å². The Morgan fingerprint density at radius 2 is 1.70 bits per heavy atom. The second-order valence-electron chi connectivity index (χ2n) is 8.32. The van der Waals surface area contributed by atoms with Gasteiger partial charge in [0.15, 0.2) is 0 Å². The molecule has 0 spiro atoms. The van der Waals surface area contributed by atoms with Gasteiger partial charge in [0.25, 0.3) is 0 Å². The van der Waals surface area contributed by atoms with Gasteiger partial charge in [0.2, 0.25) is 0 Å². The number of carbonyl (C=O) groups excluding carboxylic acids is 1. The third kappa shape index (κ3) is 6.04. The van der Waals surface area contributed by atoms with E-state index in [1.807, 2.05) is 37.4 Å². The second-order valence-corrected chi connectivity index (χ2v) is 9.46.